The number of nitrogens with zero attached hydrogens (tertiary/aromatic N) is 2. The number of urea groups is 1. The minimum atomic E-state index is -4.09. The molecule has 2 aromatic rings. The van der Waals surface area contributed by atoms with E-state index in [0.717, 1.165) is 11.1 Å². The molecule has 1 saturated heterocycles. The number of carbonyl (C=O) groups is 3. The summed E-state index contributed by atoms with van der Waals surface area (Å²) < 4.78 is 59.4. The smallest absolute Gasteiger partial charge is 0.274 e. The van der Waals surface area contributed by atoms with Crippen LogP contribution >= 0.6 is 0 Å². The fourth-order valence-corrected chi connectivity index (χ4v) is 3.31. The summed E-state index contributed by atoms with van der Waals surface area (Å²) in [5, 5.41) is 0. The predicted octanol–water partition coefficient (Wildman–Crippen LogP) is 4.46. The Morgan fingerprint density at radius 2 is 1.00 bits per heavy atom. The van der Waals surface area contributed by atoms with Crippen LogP contribution in [0, 0.1) is 13.8 Å². The number of carbonyl (C=O) groups excluding carboxylic acids is 3. The molecule has 0 atom stereocenters. The van der Waals surface area contributed by atoms with Crippen LogP contribution in [0.1, 0.15) is 28.7 Å². The van der Waals surface area contributed by atoms with Crippen LogP contribution in [0.15, 0.2) is 48.5 Å². The van der Waals surface area contributed by atoms with Gasteiger partial charge in [0.1, 0.15) is 6.42 Å². The lowest BCUT2D eigenvalue weighted by Gasteiger charge is -2.39. The number of benzene rings is 2. The Hall–Kier alpha value is -3.23. The Morgan fingerprint density at radius 3 is 1.32 bits per heavy atom. The van der Waals surface area contributed by atoms with E-state index in [1.54, 1.807) is 38.1 Å². The van der Waals surface area contributed by atoms with Crippen LogP contribution in [-0.2, 0) is 22.4 Å². The van der Waals surface area contributed by atoms with Crippen LogP contribution in [0.25, 0.3) is 0 Å². The van der Waals surface area contributed by atoms with Crippen LogP contribution in [0.4, 0.5) is 22.4 Å². The topological polar surface area (TPSA) is 57.7 Å². The van der Waals surface area contributed by atoms with Gasteiger partial charge in [-0.2, -0.15) is 17.6 Å². The molecule has 164 valence electrons. The van der Waals surface area contributed by atoms with E-state index < -0.39 is 59.0 Å². The van der Waals surface area contributed by atoms with Gasteiger partial charge in [0.15, 0.2) is 0 Å². The van der Waals surface area contributed by atoms with Crippen molar-refractivity contribution >= 4 is 17.8 Å². The van der Waals surface area contributed by atoms with Gasteiger partial charge < -0.3 is 0 Å². The lowest BCUT2D eigenvalue weighted by molar-refractivity contribution is -0.189. The molecule has 0 radical (unpaired) electrons. The summed E-state index contributed by atoms with van der Waals surface area (Å²) in [6, 6.07) is 1.59. The Labute approximate surface area is 176 Å². The van der Waals surface area contributed by atoms with Crippen molar-refractivity contribution in [3.05, 3.63) is 70.8 Å². The minimum absolute atomic E-state index is 0.103. The zero-order chi connectivity index (χ0) is 23.0. The minimum Gasteiger partial charge on any atom is -0.274 e. The molecule has 31 heavy (non-hydrogen) atoms. The Balaban J connectivity index is 1.87. The number of halogens is 4. The first-order valence-corrected chi connectivity index (χ1v) is 9.47. The number of hydrogen-bond acceptors (Lipinski definition) is 3. The molecule has 0 spiro atoms. The van der Waals surface area contributed by atoms with Crippen LogP contribution in [0.2, 0.25) is 0 Å². The second-order valence-corrected chi connectivity index (χ2v) is 7.57. The second kappa shape index (κ2) is 8.13. The summed E-state index contributed by atoms with van der Waals surface area (Å²) in [5.41, 5.74) is 1.83. The summed E-state index contributed by atoms with van der Waals surface area (Å²) in [6.07, 6.45) is -3.37. The highest BCUT2D eigenvalue weighted by Crippen LogP contribution is 2.35. The van der Waals surface area contributed by atoms with Crippen LogP contribution < -0.4 is 0 Å². The molecule has 0 saturated carbocycles. The summed E-state index contributed by atoms with van der Waals surface area (Å²) >= 11 is 0. The normalized spacial score (nSPS) is 15.6. The largest absolute Gasteiger partial charge is 0.342 e. The number of hydrogen-bond donors (Lipinski definition) is 0. The molecule has 9 heteroatoms. The van der Waals surface area contributed by atoms with Crippen molar-refractivity contribution in [2.45, 2.75) is 45.2 Å². The van der Waals surface area contributed by atoms with E-state index in [2.05, 4.69) is 0 Å². The van der Waals surface area contributed by atoms with Gasteiger partial charge in [0.2, 0.25) is 11.8 Å². The van der Waals surface area contributed by atoms with E-state index in [9.17, 15) is 31.9 Å². The zero-order valence-electron chi connectivity index (χ0n) is 16.9. The van der Waals surface area contributed by atoms with Crippen LogP contribution in [0.5, 0.6) is 0 Å². The maximum atomic E-state index is 14.9. The van der Waals surface area contributed by atoms with Crippen molar-refractivity contribution in [1.82, 2.24) is 9.80 Å². The van der Waals surface area contributed by atoms with E-state index in [1.807, 2.05) is 0 Å². The van der Waals surface area contributed by atoms with E-state index >= 15 is 0 Å². The van der Waals surface area contributed by atoms with Crippen molar-refractivity contribution in [2.24, 2.45) is 0 Å². The average molecular weight is 436 g/mol. The molecule has 1 aliphatic rings. The van der Waals surface area contributed by atoms with Gasteiger partial charge in [0, 0.05) is 0 Å². The number of imide groups is 2. The highest BCUT2D eigenvalue weighted by Gasteiger charge is 2.57. The molecule has 2 aromatic carbocycles. The van der Waals surface area contributed by atoms with Gasteiger partial charge in [-0.25, -0.2) is 14.6 Å². The Bertz CT molecular complexity index is 925. The summed E-state index contributed by atoms with van der Waals surface area (Å²) in [6.45, 7) is 3.50. The molecule has 1 fully saturated rings. The second-order valence-electron chi connectivity index (χ2n) is 7.57. The molecular formula is C22H20F4N2O3. The van der Waals surface area contributed by atoms with Gasteiger partial charge >= 0.3 is 18.1 Å². The maximum Gasteiger partial charge on any atom is 0.342 e. The molecule has 4 amide bonds. The molecule has 0 unspecified atom stereocenters. The van der Waals surface area contributed by atoms with Crippen LogP contribution in [0.3, 0.4) is 0 Å². The third-order valence-corrected chi connectivity index (χ3v) is 4.91. The van der Waals surface area contributed by atoms with Gasteiger partial charge in [0.05, 0.1) is 12.8 Å². The molecule has 3 rings (SSSR count). The summed E-state index contributed by atoms with van der Waals surface area (Å²) in [5.74, 6) is -3.04. The van der Waals surface area contributed by atoms with Crippen molar-refractivity contribution in [1.29, 1.82) is 0 Å². The Morgan fingerprint density at radius 1 is 0.677 bits per heavy atom. The van der Waals surface area contributed by atoms with E-state index in [1.165, 1.54) is 24.3 Å². The molecule has 0 aromatic heterocycles. The Kier molecular flexibility index (Phi) is 5.89. The lowest BCUT2D eigenvalue weighted by atomic mass is 10.1. The van der Waals surface area contributed by atoms with Crippen LogP contribution in [-0.4, -0.2) is 39.7 Å². The lowest BCUT2D eigenvalue weighted by Crippen LogP contribution is -2.65. The predicted molar refractivity (Wildman–Crippen MR) is 103 cm³/mol. The highest BCUT2D eigenvalue weighted by atomic mass is 19.3. The molecule has 0 aliphatic carbocycles. The molecular weight excluding hydrogens is 416 g/mol. The standard InChI is InChI=1S/C22H20F4N2O3/c1-14-3-7-16(8-4-14)12-21(23,24)27-18(29)11-19(30)28(20(27)31)22(25,26)13-17-9-5-15(2)6-10-17/h3-10H,11-13H2,1-2H3. The molecule has 0 bridgehead atoms. The average Bonchev–Trinajstić information content (AvgIpc) is 2.64. The monoisotopic (exact) mass is 436 g/mol. The van der Waals surface area contributed by atoms with Gasteiger partial charge in [-0.1, -0.05) is 59.7 Å². The van der Waals surface area contributed by atoms with E-state index in [4.69, 9.17) is 0 Å². The van der Waals surface area contributed by atoms with Crippen molar-refractivity contribution in [3.8, 4) is 0 Å². The quantitative estimate of drug-likeness (QED) is 0.382. The SMILES string of the molecule is Cc1ccc(CC(F)(F)N2C(=O)CC(=O)N(C(F)(F)Cc3ccc(C)cc3)C2=O)cc1. The molecule has 5 nitrogen and oxygen atoms in total. The van der Waals surface area contributed by atoms with Crippen molar-refractivity contribution in [2.75, 3.05) is 0 Å². The van der Waals surface area contributed by atoms with Gasteiger partial charge in [-0.05, 0) is 25.0 Å². The number of amides is 4. The number of rotatable bonds is 6. The summed E-state index contributed by atoms with van der Waals surface area (Å²) in [7, 11) is 0. The van der Waals surface area contributed by atoms with Gasteiger partial charge in [-0.3, -0.25) is 9.59 Å². The molecule has 0 N–H and O–H groups in total. The number of aryl methyl sites for hydroxylation is 2. The van der Waals surface area contributed by atoms with E-state index in [0.29, 0.717) is 0 Å². The van der Waals surface area contributed by atoms with E-state index in [-0.39, 0.29) is 11.1 Å². The maximum absolute atomic E-state index is 14.9. The fourth-order valence-electron chi connectivity index (χ4n) is 3.31. The third kappa shape index (κ3) is 4.76. The first-order chi connectivity index (χ1) is 14.4. The number of barbiturate groups is 1. The van der Waals surface area contributed by atoms with Gasteiger partial charge in [-0.15, -0.1) is 0 Å². The highest BCUT2D eigenvalue weighted by molar-refractivity contribution is 6.14. The van der Waals surface area contributed by atoms with Crippen molar-refractivity contribution < 1.29 is 31.9 Å². The third-order valence-electron chi connectivity index (χ3n) is 4.91. The molecule has 1 heterocycles. The first kappa shape index (κ1) is 22.5. The molecule has 1 aliphatic heterocycles. The van der Waals surface area contributed by atoms with Gasteiger partial charge in [0.25, 0.3) is 0 Å². The first-order valence-electron chi connectivity index (χ1n) is 9.47. The zero-order valence-corrected chi connectivity index (χ0v) is 16.9. The fraction of sp³-hybridized carbons (Fsp3) is 0.318. The summed E-state index contributed by atoms with van der Waals surface area (Å²) in [4.78, 5) is 35.7. The number of alkyl halides is 4. The van der Waals surface area contributed by atoms with Crippen molar-refractivity contribution in [3.63, 3.8) is 0 Å².